The number of halogens is 3. The highest BCUT2D eigenvalue weighted by Crippen LogP contribution is 2.34. The van der Waals surface area contributed by atoms with Crippen molar-refractivity contribution in [2.24, 2.45) is 0 Å². The lowest BCUT2D eigenvalue weighted by Crippen LogP contribution is -2.17. The highest BCUT2D eigenvalue weighted by atomic mass is 19.2. The van der Waals surface area contributed by atoms with E-state index in [9.17, 15) is 13.2 Å². The van der Waals surface area contributed by atoms with Crippen molar-refractivity contribution in [3.8, 4) is 11.5 Å². The molecule has 0 saturated heterocycles. The molecule has 0 aliphatic rings. The van der Waals surface area contributed by atoms with Gasteiger partial charge in [0.15, 0.2) is 11.6 Å². The van der Waals surface area contributed by atoms with Crippen molar-refractivity contribution in [3.63, 3.8) is 0 Å². The molecule has 0 fully saturated rings. The van der Waals surface area contributed by atoms with E-state index >= 15 is 0 Å². The Balaban J connectivity index is 1.92. The number of nitrogens with zero attached hydrogens (tertiary/aromatic N) is 2. The Kier molecular flexibility index (Phi) is 6.68. The number of hydrogen-bond donors (Lipinski definition) is 4. The van der Waals surface area contributed by atoms with Gasteiger partial charge in [0.2, 0.25) is 0 Å². The Bertz CT molecular complexity index is 980. The lowest BCUT2D eigenvalue weighted by atomic mass is 10.1. The molecule has 0 saturated carbocycles. The zero-order chi connectivity index (χ0) is 20.8. The van der Waals surface area contributed by atoms with E-state index < -0.39 is 17.5 Å². The first-order valence-electron chi connectivity index (χ1n) is 8.90. The molecular weight excluding hydrogens is 387 g/mol. The third-order valence-corrected chi connectivity index (χ3v) is 4.10. The summed E-state index contributed by atoms with van der Waals surface area (Å²) < 4.78 is 48.2. The quantitative estimate of drug-likeness (QED) is 0.405. The molecule has 0 atom stereocenters. The summed E-state index contributed by atoms with van der Waals surface area (Å²) in [6.45, 7) is 1.05. The number of benzene rings is 2. The second kappa shape index (κ2) is 9.39. The maximum absolute atomic E-state index is 14.5. The number of anilines is 3. The first kappa shape index (κ1) is 20.6. The van der Waals surface area contributed by atoms with Gasteiger partial charge in [0.05, 0.1) is 16.9 Å². The average molecular weight is 407 g/mol. The van der Waals surface area contributed by atoms with Gasteiger partial charge >= 0.3 is 6.01 Å². The fraction of sp³-hybridized carbons (Fsp3) is 0.263. The van der Waals surface area contributed by atoms with Crippen LogP contribution >= 0.6 is 0 Å². The topological polar surface area (TPSA) is 95.2 Å². The molecule has 3 rings (SSSR count). The van der Waals surface area contributed by atoms with Gasteiger partial charge in [-0.25, -0.2) is 13.2 Å². The summed E-state index contributed by atoms with van der Waals surface area (Å²) in [7, 11) is 1.79. The number of aliphatic hydroxyl groups is 1. The summed E-state index contributed by atoms with van der Waals surface area (Å²) in [6.07, 6.45) is 0.280. The van der Waals surface area contributed by atoms with Gasteiger partial charge in [0, 0.05) is 19.7 Å². The van der Waals surface area contributed by atoms with Crippen molar-refractivity contribution in [1.82, 2.24) is 15.5 Å². The summed E-state index contributed by atoms with van der Waals surface area (Å²) in [5, 5.41) is 25.0. The summed E-state index contributed by atoms with van der Waals surface area (Å²) in [6, 6.07) is 6.48. The molecule has 0 bridgehead atoms. The van der Waals surface area contributed by atoms with E-state index in [1.807, 2.05) is 0 Å². The molecule has 3 aromatic rings. The van der Waals surface area contributed by atoms with E-state index in [-0.39, 0.29) is 41.9 Å². The molecule has 29 heavy (non-hydrogen) atoms. The first-order valence-corrected chi connectivity index (χ1v) is 8.90. The SMILES string of the molecule is CNCCNc1nnc(-c2ccc(F)c(F)c2Nc2ccc(CCO)cc2F)o1. The van der Waals surface area contributed by atoms with Crippen LogP contribution in [0.2, 0.25) is 0 Å². The predicted molar refractivity (Wildman–Crippen MR) is 103 cm³/mol. The van der Waals surface area contributed by atoms with Gasteiger partial charge in [-0.15, -0.1) is 5.10 Å². The lowest BCUT2D eigenvalue weighted by molar-refractivity contribution is 0.299. The average Bonchev–Trinajstić information content (AvgIpc) is 3.16. The van der Waals surface area contributed by atoms with Crippen LogP contribution in [0, 0.1) is 17.5 Å². The van der Waals surface area contributed by atoms with E-state index in [1.54, 1.807) is 13.1 Å². The second-order valence-electron chi connectivity index (χ2n) is 6.14. The van der Waals surface area contributed by atoms with Crippen molar-refractivity contribution in [1.29, 1.82) is 0 Å². The molecule has 154 valence electrons. The Morgan fingerprint density at radius 1 is 1.03 bits per heavy atom. The van der Waals surface area contributed by atoms with Crippen LogP contribution in [0.3, 0.4) is 0 Å². The standard InChI is InChI=1S/C19H20F3N5O2/c1-23-7-8-24-19-27-26-18(29-19)12-3-4-13(20)16(22)17(12)25-15-5-2-11(6-9-28)10-14(15)21/h2-5,10,23,25,28H,6-9H2,1H3,(H,24,27). The molecule has 0 unspecified atom stereocenters. The molecule has 1 aromatic heterocycles. The van der Waals surface area contributed by atoms with Crippen LogP contribution in [0.5, 0.6) is 0 Å². The smallest absolute Gasteiger partial charge is 0.315 e. The molecular formula is C19H20F3N5O2. The van der Waals surface area contributed by atoms with Crippen LogP contribution in [0.1, 0.15) is 5.56 Å². The van der Waals surface area contributed by atoms with Crippen LogP contribution < -0.4 is 16.0 Å². The minimum absolute atomic E-state index is 0.0596. The Labute approximate surface area is 165 Å². The molecule has 0 aliphatic carbocycles. The van der Waals surface area contributed by atoms with Crippen LogP contribution in [0.4, 0.5) is 30.6 Å². The number of aromatic nitrogens is 2. The number of nitrogens with one attached hydrogen (secondary N) is 3. The van der Waals surface area contributed by atoms with Gasteiger partial charge in [-0.2, -0.15) is 0 Å². The third kappa shape index (κ3) is 4.84. The third-order valence-electron chi connectivity index (χ3n) is 4.10. The summed E-state index contributed by atoms with van der Waals surface area (Å²) >= 11 is 0. The summed E-state index contributed by atoms with van der Waals surface area (Å²) in [4.78, 5) is 0. The Morgan fingerprint density at radius 2 is 1.86 bits per heavy atom. The second-order valence-corrected chi connectivity index (χ2v) is 6.14. The molecule has 0 amide bonds. The van der Waals surface area contributed by atoms with Crippen LogP contribution in [-0.2, 0) is 6.42 Å². The highest BCUT2D eigenvalue weighted by Gasteiger charge is 2.20. The Hall–Kier alpha value is -3.11. The fourth-order valence-electron chi connectivity index (χ4n) is 2.63. The van der Waals surface area contributed by atoms with Crippen LogP contribution in [0.15, 0.2) is 34.7 Å². The maximum atomic E-state index is 14.5. The van der Waals surface area contributed by atoms with Crippen molar-refractivity contribution in [2.75, 3.05) is 37.4 Å². The largest absolute Gasteiger partial charge is 0.403 e. The highest BCUT2D eigenvalue weighted by molar-refractivity contribution is 5.78. The zero-order valence-corrected chi connectivity index (χ0v) is 15.6. The zero-order valence-electron chi connectivity index (χ0n) is 15.6. The Morgan fingerprint density at radius 3 is 2.59 bits per heavy atom. The predicted octanol–water partition coefficient (Wildman–Crippen LogP) is 3.06. The molecule has 4 N–H and O–H groups in total. The number of rotatable bonds is 9. The molecule has 7 nitrogen and oxygen atoms in total. The van der Waals surface area contributed by atoms with Gasteiger partial charge in [0.1, 0.15) is 5.82 Å². The monoisotopic (exact) mass is 407 g/mol. The fourth-order valence-corrected chi connectivity index (χ4v) is 2.63. The van der Waals surface area contributed by atoms with E-state index in [0.29, 0.717) is 18.7 Å². The minimum atomic E-state index is -1.20. The van der Waals surface area contributed by atoms with Crippen molar-refractivity contribution in [3.05, 3.63) is 53.3 Å². The molecule has 10 heteroatoms. The minimum Gasteiger partial charge on any atom is -0.403 e. The van der Waals surface area contributed by atoms with Gasteiger partial charge in [-0.05, 0) is 43.3 Å². The van der Waals surface area contributed by atoms with Crippen molar-refractivity contribution < 1.29 is 22.7 Å². The number of aliphatic hydroxyl groups excluding tert-OH is 1. The van der Waals surface area contributed by atoms with E-state index in [1.165, 1.54) is 18.2 Å². The van der Waals surface area contributed by atoms with E-state index in [2.05, 4.69) is 26.1 Å². The molecule has 2 aromatic carbocycles. The van der Waals surface area contributed by atoms with Gasteiger partial charge < -0.3 is 25.5 Å². The van der Waals surface area contributed by atoms with E-state index in [0.717, 1.165) is 6.07 Å². The number of likely N-dealkylation sites (N-methyl/N-ethyl adjacent to an activating group) is 1. The molecule has 0 aliphatic heterocycles. The van der Waals surface area contributed by atoms with Gasteiger partial charge in [-0.1, -0.05) is 11.2 Å². The summed E-state index contributed by atoms with van der Waals surface area (Å²) in [5.74, 6) is -3.05. The molecule has 1 heterocycles. The molecule has 0 spiro atoms. The number of hydrogen-bond acceptors (Lipinski definition) is 7. The van der Waals surface area contributed by atoms with Gasteiger partial charge in [0.25, 0.3) is 5.89 Å². The lowest BCUT2D eigenvalue weighted by Gasteiger charge is -2.13. The molecule has 0 radical (unpaired) electrons. The van der Waals surface area contributed by atoms with Crippen molar-refractivity contribution >= 4 is 17.4 Å². The van der Waals surface area contributed by atoms with Crippen LogP contribution in [-0.4, -0.2) is 42.0 Å². The van der Waals surface area contributed by atoms with Crippen LogP contribution in [0.25, 0.3) is 11.5 Å². The maximum Gasteiger partial charge on any atom is 0.315 e. The van der Waals surface area contributed by atoms with E-state index in [4.69, 9.17) is 9.52 Å². The van der Waals surface area contributed by atoms with Gasteiger partial charge in [-0.3, -0.25) is 0 Å². The summed E-state index contributed by atoms with van der Waals surface area (Å²) in [5.41, 5.74) is 0.259. The first-order chi connectivity index (χ1) is 14.0. The normalized spacial score (nSPS) is 10.9. The van der Waals surface area contributed by atoms with Crippen molar-refractivity contribution in [2.45, 2.75) is 6.42 Å².